The van der Waals surface area contributed by atoms with Gasteiger partial charge in [-0.3, -0.25) is 4.98 Å². The first-order valence-electron chi connectivity index (χ1n) is 6.77. The molecule has 1 aromatic heterocycles. The SMILES string of the molecule is CCNCc1nc(C)ccc1OCc1ccc(O)cc1. The van der Waals surface area contributed by atoms with E-state index < -0.39 is 0 Å². The second kappa shape index (κ2) is 6.91. The Morgan fingerprint density at radius 1 is 1.15 bits per heavy atom. The van der Waals surface area contributed by atoms with Gasteiger partial charge >= 0.3 is 0 Å². The van der Waals surface area contributed by atoms with Crippen LogP contribution in [0.3, 0.4) is 0 Å². The summed E-state index contributed by atoms with van der Waals surface area (Å²) in [6, 6.07) is 10.9. The third-order valence-corrected chi connectivity index (χ3v) is 2.94. The van der Waals surface area contributed by atoms with Gasteiger partial charge in [-0.05, 0) is 43.3 Å². The lowest BCUT2D eigenvalue weighted by Crippen LogP contribution is -2.14. The van der Waals surface area contributed by atoms with E-state index in [1.165, 1.54) is 0 Å². The second-order valence-electron chi connectivity index (χ2n) is 4.63. The Morgan fingerprint density at radius 3 is 2.60 bits per heavy atom. The van der Waals surface area contributed by atoms with Crippen LogP contribution in [0.4, 0.5) is 0 Å². The fourth-order valence-electron chi connectivity index (χ4n) is 1.85. The number of hydrogen-bond acceptors (Lipinski definition) is 4. The van der Waals surface area contributed by atoms with Crippen molar-refractivity contribution < 1.29 is 9.84 Å². The second-order valence-corrected chi connectivity index (χ2v) is 4.63. The standard InChI is InChI=1S/C16H20N2O2/c1-3-17-10-15-16(9-4-12(2)18-15)20-11-13-5-7-14(19)8-6-13/h4-9,17,19H,3,10-11H2,1-2H3. The molecule has 0 aliphatic heterocycles. The topological polar surface area (TPSA) is 54.4 Å². The third-order valence-electron chi connectivity index (χ3n) is 2.94. The molecule has 106 valence electrons. The molecule has 0 bridgehead atoms. The molecular weight excluding hydrogens is 252 g/mol. The molecule has 0 fully saturated rings. The zero-order chi connectivity index (χ0) is 14.4. The van der Waals surface area contributed by atoms with Gasteiger partial charge in [0, 0.05) is 12.2 Å². The number of phenols is 1. The van der Waals surface area contributed by atoms with Gasteiger partial charge in [0.1, 0.15) is 18.1 Å². The number of benzene rings is 1. The van der Waals surface area contributed by atoms with Crippen LogP contribution >= 0.6 is 0 Å². The van der Waals surface area contributed by atoms with Gasteiger partial charge < -0.3 is 15.2 Å². The Morgan fingerprint density at radius 2 is 1.90 bits per heavy atom. The number of aromatic hydroxyl groups is 1. The predicted octanol–water partition coefficient (Wildman–Crippen LogP) is 2.78. The lowest BCUT2D eigenvalue weighted by molar-refractivity contribution is 0.300. The number of pyridine rings is 1. The molecule has 4 nitrogen and oxygen atoms in total. The van der Waals surface area contributed by atoms with Gasteiger partial charge in [-0.25, -0.2) is 0 Å². The molecule has 2 rings (SSSR count). The highest BCUT2D eigenvalue weighted by Gasteiger charge is 2.06. The zero-order valence-electron chi connectivity index (χ0n) is 11.9. The van der Waals surface area contributed by atoms with E-state index in [4.69, 9.17) is 4.74 Å². The van der Waals surface area contributed by atoms with Crippen LogP contribution in [0.25, 0.3) is 0 Å². The summed E-state index contributed by atoms with van der Waals surface area (Å²) in [5.41, 5.74) is 2.92. The van der Waals surface area contributed by atoms with E-state index in [-0.39, 0.29) is 5.75 Å². The van der Waals surface area contributed by atoms with E-state index in [0.29, 0.717) is 13.2 Å². The number of aromatic nitrogens is 1. The minimum absolute atomic E-state index is 0.263. The van der Waals surface area contributed by atoms with Gasteiger partial charge in [-0.2, -0.15) is 0 Å². The van der Waals surface area contributed by atoms with Crippen molar-refractivity contribution >= 4 is 0 Å². The van der Waals surface area contributed by atoms with Crippen molar-refractivity contribution in [2.75, 3.05) is 6.54 Å². The molecule has 1 aromatic carbocycles. The van der Waals surface area contributed by atoms with Crippen LogP contribution in [-0.2, 0) is 13.2 Å². The third kappa shape index (κ3) is 3.96. The van der Waals surface area contributed by atoms with Crippen molar-refractivity contribution in [1.29, 1.82) is 0 Å². The maximum absolute atomic E-state index is 9.25. The molecule has 0 unspecified atom stereocenters. The first-order chi connectivity index (χ1) is 9.69. The number of nitrogens with zero attached hydrogens (tertiary/aromatic N) is 1. The van der Waals surface area contributed by atoms with Crippen molar-refractivity contribution in [3.63, 3.8) is 0 Å². The zero-order valence-corrected chi connectivity index (χ0v) is 11.9. The predicted molar refractivity (Wildman–Crippen MR) is 78.8 cm³/mol. The maximum Gasteiger partial charge on any atom is 0.142 e. The van der Waals surface area contributed by atoms with Gasteiger partial charge in [0.2, 0.25) is 0 Å². The summed E-state index contributed by atoms with van der Waals surface area (Å²) in [4.78, 5) is 4.51. The Labute approximate surface area is 119 Å². The molecule has 0 amide bonds. The summed E-state index contributed by atoms with van der Waals surface area (Å²) in [5.74, 6) is 1.06. The van der Waals surface area contributed by atoms with E-state index in [9.17, 15) is 5.11 Å². The first-order valence-corrected chi connectivity index (χ1v) is 6.77. The normalized spacial score (nSPS) is 10.5. The minimum atomic E-state index is 0.263. The summed E-state index contributed by atoms with van der Waals surface area (Å²) >= 11 is 0. The first kappa shape index (κ1) is 14.3. The molecule has 0 saturated heterocycles. The molecule has 0 saturated carbocycles. The molecule has 0 aliphatic rings. The quantitative estimate of drug-likeness (QED) is 0.849. The van der Waals surface area contributed by atoms with Crippen LogP contribution in [0.5, 0.6) is 11.5 Å². The smallest absolute Gasteiger partial charge is 0.142 e. The highest BCUT2D eigenvalue weighted by Crippen LogP contribution is 2.19. The average Bonchev–Trinajstić information content (AvgIpc) is 2.46. The van der Waals surface area contributed by atoms with Crippen LogP contribution in [0.15, 0.2) is 36.4 Å². The molecule has 0 aliphatic carbocycles. The van der Waals surface area contributed by atoms with Crippen molar-refractivity contribution in [3.05, 3.63) is 53.3 Å². The van der Waals surface area contributed by atoms with Gasteiger partial charge in [0.15, 0.2) is 0 Å². The number of rotatable bonds is 6. The average molecular weight is 272 g/mol. The van der Waals surface area contributed by atoms with E-state index in [0.717, 1.165) is 29.2 Å². The Bertz CT molecular complexity index is 553. The summed E-state index contributed by atoms with van der Waals surface area (Å²) in [6.07, 6.45) is 0. The molecule has 20 heavy (non-hydrogen) atoms. The van der Waals surface area contributed by atoms with E-state index in [2.05, 4.69) is 17.2 Å². The molecule has 4 heteroatoms. The summed E-state index contributed by atoms with van der Waals surface area (Å²) in [7, 11) is 0. The number of nitrogens with one attached hydrogen (secondary N) is 1. The van der Waals surface area contributed by atoms with Gasteiger partial charge in [0.25, 0.3) is 0 Å². The van der Waals surface area contributed by atoms with Crippen molar-refractivity contribution in [2.45, 2.75) is 27.0 Å². The van der Waals surface area contributed by atoms with E-state index in [1.54, 1.807) is 12.1 Å². The minimum Gasteiger partial charge on any atom is -0.508 e. The van der Waals surface area contributed by atoms with Crippen molar-refractivity contribution in [3.8, 4) is 11.5 Å². The number of aryl methyl sites for hydroxylation is 1. The summed E-state index contributed by atoms with van der Waals surface area (Å²) in [5, 5.41) is 12.5. The molecule has 0 atom stereocenters. The van der Waals surface area contributed by atoms with Gasteiger partial charge in [-0.1, -0.05) is 19.1 Å². The van der Waals surface area contributed by atoms with Crippen LogP contribution in [0.1, 0.15) is 23.9 Å². The van der Waals surface area contributed by atoms with Crippen LogP contribution < -0.4 is 10.1 Å². The Hall–Kier alpha value is -2.07. The Kier molecular flexibility index (Phi) is 4.96. The van der Waals surface area contributed by atoms with E-state index in [1.807, 2.05) is 31.2 Å². The summed E-state index contributed by atoms with van der Waals surface area (Å²) < 4.78 is 5.83. The van der Waals surface area contributed by atoms with E-state index >= 15 is 0 Å². The summed E-state index contributed by atoms with van der Waals surface area (Å²) in [6.45, 7) is 6.09. The Balaban J connectivity index is 2.06. The van der Waals surface area contributed by atoms with Crippen LogP contribution in [0.2, 0.25) is 0 Å². The lowest BCUT2D eigenvalue weighted by Gasteiger charge is -2.12. The highest BCUT2D eigenvalue weighted by atomic mass is 16.5. The molecule has 0 spiro atoms. The van der Waals surface area contributed by atoms with Crippen LogP contribution in [0, 0.1) is 6.92 Å². The fraction of sp³-hybridized carbons (Fsp3) is 0.312. The monoisotopic (exact) mass is 272 g/mol. The molecule has 2 aromatic rings. The van der Waals surface area contributed by atoms with Crippen LogP contribution in [-0.4, -0.2) is 16.6 Å². The van der Waals surface area contributed by atoms with Gasteiger partial charge in [-0.15, -0.1) is 0 Å². The lowest BCUT2D eigenvalue weighted by atomic mass is 10.2. The highest BCUT2D eigenvalue weighted by molar-refractivity contribution is 5.30. The molecule has 2 N–H and O–H groups in total. The molecular formula is C16H20N2O2. The number of ether oxygens (including phenoxy) is 1. The van der Waals surface area contributed by atoms with Crippen molar-refractivity contribution in [1.82, 2.24) is 10.3 Å². The molecule has 0 radical (unpaired) electrons. The molecule has 1 heterocycles. The number of phenolic OH excluding ortho intramolecular Hbond substituents is 1. The maximum atomic E-state index is 9.25. The fourth-order valence-corrected chi connectivity index (χ4v) is 1.85. The van der Waals surface area contributed by atoms with Gasteiger partial charge in [0.05, 0.1) is 5.69 Å². The van der Waals surface area contributed by atoms with Crippen molar-refractivity contribution in [2.24, 2.45) is 0 Å². The largest absolute Gasteiger partial charge is 0.508 e. The number of hydrogen-bond donors (Lipinski definition) is 2.